The van der Waals surface area contributed by atoms with Crippen molar-refractivity contribution >= 4 is 11.7 Å². The zero-order valence-electron chi connectivity index (χ0n) is 12.7. The molecule has 24 heavy (non-hydrogen) atoms. The molecule has 2 amide bonds. The summed E-state index contributed by atoms with van der Waals surface area (Å²) in [6, 6.07) is -0.275. The summed E-state index contributed by atoms with van der Waals surface area (Å²) in [6.07, 6.45) is -4.71. The molecule has 10 heteroatoms. The van der Waals surface area contributed by atoms with Crippen LogP contribution in [0.5, 0.6) is 0 Å². The summed E-state index contributed by atoms with van der Waals surface area (Å²) in [4.78, 5) is 11.6. The maximum Gasteiger partial charge on any atom is 0.422 e. The number of alkyl halides is 3. The molecule has 0 saturated heterocycles. The monoisotopic (exact) mass is 356 g/mol. The van der Waals surface area contributed by atoms with Crippen molar-refractivity contribution < 1.29 is 37.0 Å². The summed E-state index contributed by atoms with van der Waals surface area (Å²) in [5.74, 6) is -3.71. The maximum absolute atomic E-state index is 13.4. The number of benzene rings is 1. The number of aliphatic hydroxyl groups is 2. The number of carbonyl (C=O) groups excluding carboxylic acids is 1. The van der Waals surface area contributed by atoms with E-state index in [0.717, 1.165) is 0 Å². The fourth-order valence-corrected chi connectivity index (χ4v) is 1.91. The number of anilines is 1. The molecule has 0 unspecified atom stereocenters. The first-order chi connectivity index (χ1) is 11.0. The van der Waals surface area contributed by atoms with Crippen molar-refractivity contribution in [3.05, 3.63) is 29.3 Å². The van der Waals surface area contributed by atoms with E-state index in [1.807, 2.05) is 5.32 Å². The van der Waals surface area contributed by atoms with Gasteiger partial charge >= 0.3 is 12.2 Å². The van der Waals surface area contributed by atoms with Gasteiger partial charge in [-0.2, -0.15) is 13.2 Å². The molecule has 0 aromatic heterocycles. The number of aliphatic hydroxyl groups excluding tert-OH is 1. The van der Waals surface area contributed by atoms with Crippen LogP contribution in [-0.2, 0) is 6.18 Å². The minimum Gasteiger partial charge on any atom is -0.396 e. The van der Waals surface area contributed by atoms with Gasteiger partial charge in [0.1, 0.15) is 17.2 Å². The van der Waals surface area contributed by atoms with E-state index in [-0.39, 0.29) is 19.6 Å². The smallest absolute Gasteiger partial charge is 0.396 e. The average molecular weight is 356 g/mol. The molecule has 0 heterocycles. The SMILES string of the molecule is C[C@](O)(CCCO)CNC(=O)Nc1cc(F)c(C(F)(F)F)c(F)c1. The molecule has 0 fully saturated rings. The maximum atomic E-state index is 13.4. The molecule has 0 aliphatic rings. The number of rotatable bonds is 6. The first-order valence-corrected chi connectivity index (χ1v) is 6.90. The summed E-state index contributed by atoms with van der Waals surface area (Å²) >= 11 is 0. The Kier molecular flexibility index (Phi) is 6.50. The highest BCUT2D eigenvalue weighted by atomic mass is 19.4. The van der Waals surface area contributed by atoms with Crippen LogP contribution in [-0.4, -0.2) is 35.0 Å². The van der Waals surface area contributed by atoms with Crippen LogP contribution in [0.1, 0.15) is 25.3 Å². The van der Waals surface area contributed by atoms with Gasteiger partial charge in [0.2, 0.25) is 0 Å². The van der Waals surface area contributed by atoms with E-state index in [1.165, 1.54) is 6.92 Å². The van der Waals surface area contributed by atoms with Crippen LogP contribution in [0.2, 0.25) is 0 Å². The molecule has 0 saturated carbocycles. The second-order valence-corrected chi connectivity index (χ2v) is 5.44. The molecular formula is C14H17F5N2O3. The van der Waals surface area contributed by atoms with Gasteiger partial charge in [0, 0.05) is 18.8 Å². The summed E-state index contributed by atoms with van der Waals surface area (Å²) < 4.78 is 64.0. The van der Waals surface area contributed by atoms with Crippen LogP contribution < -0.4 is 10.6 Å². The van der Waals surface area contributed by atoms with Gasteiger partial charge in [0.25, 0.3) is 0 Å². The van der Waals surface area contributed by atoms with E-state index in [1.54, 1.807) is 0 Å². The standard InChI is InChI=1S/C14H17F5N2O3/c1-13(24,3-2-4-22)7-20-12(23)21-8-5-9(15)11(10(16)6-8)14(17,18)19/h5-6,22,24H,2-4,7H2,1H3,(H2,20,21,23)/t13-/m0/s1. The highest BCUT2D eigenvalue weighted by Crippen LogP contribution is 2.34. The van der Waals surface area contributed by atoms with Crippen molar-refractivity contribution in [1.82, 2.24) is 5.32 Å². The van der Waals surface area contributed by atoms with Gasteiger partial charge in [-0.3, -0.25) is 0 Å². The van der Waals surface area contributed by atoms with Crippen LogP contribution in [0.3, 0.4) is 0 Å². The van der Waals surface area contributed by atoms with Gasteiger partial charge in [-0.1, -0.05) is 0 Å². The molecule has 1 atom stereocenters. The molecule has 1 aromatic rings. The number of nitrogens with one attached hydrogen (secondary N) is 2. The lowest BCUT2D eigenvalue weighted by molar-refractivity contribution is -0.142. The number of urea groups is 1. The van der Waals surface area contributed by atoms with Crippen molar-refractivity contribution in [1.29, 1.82) is 0 Å². The Morgan fingerprint density at radius 3 is 2.21 bits per heavy atom. The predicted molar refractivity (Wildman–Crippen MR) is 75.3 cm³/mol. The minimum absolute atomic E-state index is 0.146. The second kappa shape index (κ2) is 7.75. The van der Waals surface area contributed by atoms with Gasteiger partial charge in [0.05, 0.1) is 5.60 Å². The molecule has 0 spiro atoms. The topological polar surface area (TPSA) is 81.6 Å². The predicted octanol–water partition coefficient (Wildman–Crippen LogP) is 2.63. The van der Waals surface area contributed by atoms with Crippen LogP contribution in [0.15, 0.2) is 12.1 Å². The zero-order chi connectivity index (χ0) is 18.5. The lowest BCUT2D eigenvalue weighted by Gasteiger charge is -2.23. The molecule has 0 radical (unpaired) electrons. The van der Waals surface area contributed by atoms with Gasteiger partial charge in [0.15, 0.2) is 0 Å². The fraction of sp³-hybridized carbons (Fsp3) is 0.500. The normalized spacial score (nSPS) is 14.2. The van der Waals surface area contributed by atoms with Crippen LogP contribution in [0.25, 0.3) is 0 Å². The second-order valence-electron chi connectivity index (χ2n) is 5.44. The van der Waals surface area contributed by atoms with Gasteiger partial charge in [-0.05, 0) is 31.9 Å². The highest BCUT2D eigenvalue weighted by molar-refractivity contribution is 5.89. The Morgan fingerprint density at radius 1 is 1.21 bits per heavy atom. The summed E-state index contributed by atoms with van der Waals surface area (Å²) in [5.41, 5.74) is -3.87. The van der Waals surface area contributed by atoms with Gasteiger partial charge < -0.3 is 20.8 Å². The van der Waals surface area contributed by atoms with Crippen molar-refractivity contribution in [3.8, 4) is 0 Å². The third-order valence-electron chi connectivity index (χ3n) is 3.09. The quantitative estimate of drug-likeness (QED) is 0.592. The van der Waals surface area contributed by atoms with Gasteiger partial charge in [-0.15, -0.1) is 0 Å². The molecule has 136 valence electrons. The minimum atomic E-state index is -5.19. The molecule has 0 aliphatic carbocycles. The Labute approximate surface area is 134 Å². The lowest BCUT2D eigenvalue weighted by atomic mass is 10.0. The van der Waals surface area contributed by atoms with Crippen molar-refractivity contribution in [2.45, 2.75) is 31.5 Å². The number of hydrogen-bond acceptors (Lipinski definition) is 3. The summed E-state index contributed by atoms with van der Waals surface area (Å²) in [5, 5.41) is 22.7. The molecule has 1 rings (SSSR count). The Morgan fingerprint density at radius 2 is 1.75 bits per heavy atom. The first-order valence-electron chi connectivity index (χ1n) is 6.90. The number of carbonyl (C=O) groups is 1. The van der Waals surface area contributed by atoms with Crippen molar-refractivity contribution in [3.63, 3.8) is 0 Å². The van der Waals surface area contributed by atoms with E-state index in [9.17, 15) is 31.9 Å². The Bertz CT molecular complexity index is 567. The average Bonchev–Trinajstić information content (AvgIpc) is 2.41. The molecule has 0 aliphatic heterocycles. The van der Waals surface area contributed by atoms with Gasteiger partial charge in [-0.25, -0.2) is 13.6 Å². The molecule has 5 nitrogen and oxygen atoms in total. The Balaban J connectivity index is 2.72. The third-order valence-corrected chi connectivity index (χ3v) is 3.09. The van der Waals surface area contributed by atoms with E-state index in [2.05, 4.69) is 5.32 Å². The molecular weight excluding hydrogens is 339 g/mol. The van der Waals surface area contributed by atoms with E-state index in [4.69, 9.17) is 5.11 Å². The highest BCUT2D eigenvalue weighted by Gasteiger charge is 2.38. The zero-order valence-corrected chi connectivity index (χ0v) is 12.7. The number of hydrogen-bond donors (Lipinski definition) is 4. The lowest BCUT2D eigenvalue weighted by Crippen LogP contribution is -2.42. The van der Waals surface area contributed by atoms with Crippen molar-refractivity contribution in [2.75, 3.05) is 18.5 Å². The van der Waals surface area contributed by atoms with Crippen molar-refractivity contribution in [2.24, 2.45) is 0 Å². The largest absolute Gasteiger partial charge is 0.422 e. The van der Waals surface area contributed by atoms with E-state index >= 15 is 0 Å². The fourth-order valence-electron chi connectivity index (χ4n) is 1.91. The van der Waals surface area contributed by atoms with Crippen LogP contribution in [0.4, 0.5) is 32.4 Å². The molecule has 0 bridgehead atoms. The van der Waals surface area contributed by atoms with E-state index < -0.39 is 40.7 Å². The van der Waals surface area contributed by atoms with Crippen LogP contribution in [0, 0.1) is 11.6 Å². The Hall–Kier alpha value is -1.94. The summed E-state index contributed by atoms with van der Waals surface area (Å²) in [7, 11) is 0. The number of amides is 2. The summed E-state index contributed by atoms with van der Waals surface area (Å²) in [6.45, 7) is 1.03. The number of halogens is 5. The first kappa shape index (κ1) is 20.1. The third kappa shape index (κ3) is 5.93. The molecule has 1 aromatic carbocycles. The van der Waals surface area contributed by atoms with Crippen LogP contribution >= 0.6 is 0 Å². The molecule has 4 N–H and O–H groups in total. The van der Waals surface area contributed by atoms with E-state index in [0.29, 0.717) is 18.6 Å².